The summed E-state index contributed by atoms with van der Waals surface area (Å²) in [6.45, 7) is 7.01. The van der Waals surface area contributed by atoms with Gasteiger partial charge in [-0.15, -0.1) is 0 Å². The van der Waals surface area contributed by atoms with Crippen LogP contribution in [0.1, 0.15) is 75.2 Å². The van der Waals surface area contributed by atoms with Gasteiger partial charge in [-0.1, -0.05) is 51.2 Å². The van der Waals surface area contributed by atoms with E-state index in [0.717, 1.165) is 13.0 Å². The standard InChI is InChI=1S/C23H32N2O2/c1-4-5-6-7-8-9-15-24-23-21(14-11-16-25-23)22(26)19-12-10-13-20(17-19)27-18(2)3/h10-14,16-18H,4-9,15H2,1-3H3,(H,24,25). The number of rotatable bonds is 12. The Morgan fingerprint density at radius 2 is 1.85 bits per heavy atom. The van der Waals surface area contributed by atoms with Crippen LogP contribution in [0, 0.1) is 0 Å². The third-order valence-corrected chi connectivity index (χ3v) is 4.34. The minimum Gasteiger partial charge on any atom is -0.491 e. The smallest absolute Gasteiger partial charge is 0.196 e. The number of ketones is 1. The highest BCUT2D eigenvalue weighted by Gasteiger charge is 2.15. The van der Waals surface area contributed by atoms with Crippen molar-refractivity contribution in [3.8, 4) is 5.75 Å². The lowest BCUT2D eigenvalue weighted by Crippen LogP contribution is -2.11. The Morgan fingerprint density at radius 3 is 2.63 bits per heavy atom. The largest absolute Gasteiger partial charge is 0.491 e. The minimum absolute atomic E-state index is 0.0391. The van der Waals surface area contributed by atoms with Gasteiger partial charge in [0.15, 0.2) is 5.78 Å². The van der Waals surface area contributed by atoms with E-state index in [2.05, 4.69) is 17.2 Å². The van der Waals surface area contributed by atoms with Crippen molar-refractivity contribution >= 4 is 11.6 Å². The second-order valence-electron chi connectivity index (χ2n) is 7.12. The molecule has 2 rings (SSSR count). The van der Waals surface area contributed by atoms with Crippen molar-refractivity contribution in [1.82, 2.24) is 4.98 Å². The molecule has 0 aliphatic carbocycles. The average Bonchev–Trinajstić information content (AvgIpc) is 2.67. The summed E-state index contributed by atoms with van der Waals surface area (Å²) >= 11 is 0. The lowest BCUT2D eigenvalue weighted by atomic mass is 10.0. The third-order valence-electron chi connectivity index (χ3n) is 4.34. The molecule has 1 N–H and O–H groups in total. The molecule has 2 aromatic rings. The van der Waals surface area contributed by atoms with Crippen molar-refractivity contribution in [2.75, 3.05) is 11.9 Å². The molecule has 0 fully saturated rings. The van der Waals surface area contributed by atoms with Crippen LogP contribution in [0.4, 0.5) is 5.82 Å². The Hall–Kier alpha value is -2.36. The van der Waals surface area contributed by atoms with Crippen LogP contribution in [0.15, 0.2) is 42.6 Å². The summed E-state index contributed by atoms with van der Waals surface area (Å²) in [5.74, 6) is 1.33. The van der Waals surface area contributed by atoms with Gasteiger partial charge in [0.2, 0.25) is 0 Å². The van der Waals surface area contributed by atoms with E-state index >= 15 is 0 Å². The van der Waals surface area contributed by atoms with Gasteiger partial charge in [0.1, 0.15) is 11.6 Å². The highest BCUT2D eigenvalue weighted by molar-refractivity contribution is 6.12. The molecule has 4 nitrogen and oxygen atoms in total. The van der Waals surface area contributed by atoms with Crippen molar-refractivity contribution in [2.45, 2.75) is 65.4 Å². The molecule has 0 unspecified atom stereocenters. The highest BCUT2D eigenvalue weighted by atomic mass is 16.5. The summed E-state index contributed by atoms with van der Waals surface area (Å²) in [5, 5.41) is 3.34. The number of ether oxygens (including phenoxy) is 1. The first-order valence-electron chi connectivity index (χ1n) is 10.1. The maximum atomic E-state index is 13.0. The van der Waals surface area contributed by atoms with Crippen molar-refractivity contribution in [1.29, 1.82) is 0 Å². The molecule has 1 aromatic carbocycles. The first-order valence-corrected chi connectivity index (χ1v) is 10.1. The topological polar surface area (TPSA) is 51.2 Å². The van der Waals surface area contributed by atoms with Crippen LogP contribution < -0.4 is 10.1 Å². The number of aromatic nitrogens is 1. The number of hydrogen-bond acceptors (Lipinski definition) is 4. The van der Waals surface area contributed by atoms with Gasteiger partial charge in [0.05, 0.1) is 11.7 Å². The molecule has 27 heavy (non-hydrogen) atoms. The molecule has 0 atom stereocenters. The van der Waals surface area contributed by atoms with Crippen LogP contribution in [0.25, 0.3) is 0 Å². The third kappa shape index (κ3) is 7.05. The average molecular weight is 369 g/mol. The summed E-state index contributed by atoms with van der Waals surface area (Å²) in [7, 11) is 0. The SMILES string of the molecule is CCCCCCCCNc1ncccc1C(=O)c1cccc(OC(C)C)c1. The van der Waals surface area contributed by atoms with E-state index in [-0.39, 0.29) is 11.9 Å². The monoisotopic (exact) mass is 368 g/mol. The lowest BCUT2D eigenvalue weighted by molar-refractivity contribution is 0.103. The zero-order chi connectivity index (χ0) is 19.5. The lowest BCUT2D eigenvalue weighted by Gasteiger charge is -2.12. The second kappa shape index (κ2) is 11.4. The van der Waals surface area contributed by atoms with Gasteiger partial charge in [-0.05, 0) is 44.5 Å². The molecule has 0 spiro atoms. The molecule has 146 valence electrons. The van der Waals surface area contributed by atoms with Crippen molar-refractivity contribution < 1.29 is 9.53 Å². The van der Waals surface area contributed by atoms with E-state index in [4.69, 9.17) is 4.74 Å². The molecule has 0 bridgehead atoms. The first kappa shape index (κ1) is 20.9. The van der Waals surface area contributed by atoms with Crippen LogP contribution in [0.3, 0.4) is 0 Å². The molecule has 1 aromatic heterocycles. The summed E-state index contributed by atoms with van der Waals surface area (Å²) in [4.78, 5) is 17.4. The molecule has 0 amide bonds. The number of anilines is 1. The predicted octanol–water partition coefficient (Wildman–Crippen LogP) is 5.87. The van der Waals surface area contributed by atoms with Crippen LogP contribution in [-0.2, 0) is 0 Å². The number of nitrogens with one attached hydrogen (secondary N) is 1. The fraction of sp³-hybridized carbons (Fsp3) is 0.478. The normalized spacial score (nSPS) is 10.8. The summed E-state index contributed by atoms with van der Waals surface area (Å²) in [6, 6.07) is 11.0. The number of pyridine rings is 1. The van der Waals surface area contributed by atoms with Gasteiger partial charge >= 0.3 is 0 Å². The van der Waals surface area contributed by atoms with Crippen molar-refractivity contribution in [3.63, 3.8) is 0 Å². The molecule has 0 saturated heterocycles. The second-order valence-corrected chi connectivity index (χ2v) is 7.12. The van der Waals surface area contributed by atoms with Gasteiger partial charge in [-0.3, -0.25) is 4.79 Å². The van der Waals surface area contributed by atoms with Crippen LogP contribution in [0.2, 0.25) is 0 Å². The molecule has 0 aliphatic rings. The fourth-order valence-electron chi connectivity index (χ4n) is 2.98. The molecule has 0 radical (unpaired) electrons. The number of hydrogen-bond donors (Lipinski definition) is 1. The number of benzene rings is 1. The van der Waals surface area contributed by atoms with E-state index in [1.165, 1.54) is 32.1 Å². The van der Waals surface area contributed by atoms with Crippen molar-refractivity contribution in [3.05, 3.63) is 53.7 Å². The zero-order valence-electron chi connectivity index (χ0n) is 16.8. The molecule has 0 aliphatic heterocycles. The summed E-state index contributed by atoms with van der Waals surface area (Å²) < 4.78 is 5.71. The van der Waals surface area contributed by atoms with Gasteiger partial charge in [0, 0.05) is 18.3 Å². The molecule has 4 heteroatoms. The van der Waals surface area contributed by atoms with E-state index in [1.54, 1.807) is 18.3 Å². The van der Waals surface area contributed by atoms with E-state index < -0.39 is 0 Å². The molecule has 1 heterocycles. The van der Waals surface area contributed by atoms with Crippen LogP contribution in [-0.4, -0.2) is 23.4 Å². The Morgan fingerprint density at radius 1 is 1.07 bits per heavy atom. The number of unbranched alkanes of at least 4 members (excludes halogenated alkanes) is 5. The summed E-state index contributed by atoms with van der Waals surface area (Å²) in [6.07, 6.45) is 9.24. The van der Waals surface area contributed by atoms with Gasteiger partial charge < -0.3 is 10.1 Å². The van der Waals surface area contributed by atoms with Gasteiger partial charge in [-0.25, -0.2) is 4.98 Å². The van der Waals surface area contributed by atoms with Gasteiger partial charge in [-0.2, -0.15) is 0 Å². The molecule has 0 saturated carbocycles. The Kier molecular flexibility index (Phi) is 8.82. The van der Waals surface area contributed by atoms with Gasteiger partial charge in [0.25, 0.3) is 0 Å². The van der Waals surface area contributed by atoms with E-state index in [1.807, 2.05) is 38.1 Å². The van der Waals surface area contributed by atoms with E-state index in [0.29, 0.717) is 22.7 Å². The fourth-order valence-corrected chi connectivity index (χ4v) is 2.98. The maximum Gasteiger partial charge on any atom is 0.196 e. The van der Waals surface area contributed by atoms with Crippen LogP contribution >= 0.6 is 0 Å². The van der Waals surface area contributed by atoms with E-state index in [9.17, 15) is 4.79 Å². The Bertz CT molecular complexity index is 713. The molecular weight excluding hydrogens is 336 g/mol. The Balaban J connectivity index is 1.99. The first-order chi connectivity index (χ1) is 13.1. The van der Waals surface area contributed by atoms with Crippen LogP contribution in [0.5, 0.6) is 5.75 Å². The number of carbonyl (C=O) groups is 1. The predicted molar refractivity (Wildman–Crippen MR) is 112 cm³/mol. The van der Waals surface area contributed by atoms with Crippen molar-refractivity contribution in [2.24, 2.45) is 0 Å². The Labute approximate surface area is 163 Å². The maximum absolute atomic E-state index is 13.0. The highest BCUT2D eigenvalue weighted by Crippen LogP contribution is 2.21. The number of nitrogens with zero attached hydrogens (tertiary/aromatic N) is 1. The summed E-state index contributed by atoms with van der Waals surface area (Å²) in [5.41, 5.74) is 1.22. The minimum atomic E-state index is -0.0391. The molecular formula is C23H32N2O2. The zero-order valence-corrected chi connectivity index (χ0v) is 16.8. The number of carbonyl (C=O) groups excluding carboxylic acids is 1. The quantitative estimate of drug-likeness (QED) is 0.376.